The maximum atomic E-state index is 9.20. The molecule has 1 saturated carbocycles. The molecule has 13 heavy (non-hydrogen) atoms. The minimum absolute atomic E-state index is 0.271. The van der Waals surface area contributed by atoms with Crippen molar-refractivity contribution in [1.82, 2.24) is 0 Å². The van der Waals surface area contributed by atoms with Gasteiger partial charge in [-0.1, -0.05) is 24.3 Å². The summed E-state index contributed by atoms with van der Waals surface area (Å²) in [7, 11) is 1.76. The predicted molar refractivity (Wildman–Crippen MR) is 51.2 cm³/mol. The zero-order chi connectivity index (χ0) is 9.26. The van der Waals surface area contributed by atoms with Gasteiger partial charge in [-0.25, -0.2) is 0 Å². The number of allylic oxidation sites excluding steroid dienone is 2. The van der Waals surface area contributed by atoms with Crippen molar-refractivity contribution in [1.29, 1.82) is 0 Å². The summed E-state index contributed by atoms with van der Waals surface area (Å²) in [6.45, 7) is 0.277. The third-order valence-electron chi connectivity index (χ3n) is 3.23. The van der Waals surface area contributed by atoms with E-state index in [-0.39, 0.29) is 12.7 Å². The Kier molecular flexibility index (Phi) is 2.51. The third kappa shape index (κ3) is 1.45. The summed E-state index contributed by atoms with van der Waals surface area (Å²) in [5, 5.41) is 9.20. The van der Waals surface area contributed by atoms with Crippen LogP contribution in [0.25, 0.3) is 0 Å². The minimum atomic E-state index is 0.271. The molecule has 2 heteroatoms. The van der Waals surface area contributed by atoms with E-state index in [1.165, 1.54) is 0 Å². The van der Waals surface area contributed by atoms with Gasteiger partial charge in [-0.3, -0.25) is 0 Å². The van der Waals surface area contributed by atoms with Gasteiger partial charge in [0.25, 0.3) is 0 Å². The molecule has 0 aromatic rings. The van der Waals surface area contributed by atoms with Crippen LogP contribution in [0.2, 0.25) is 0 Å². The number of hydrogen-bond acceptors (Lipinski definition) is 2. The fraction of sp³-hybridized carbons (Fsp3) is 0.636. The maximum Gasteiger partial charge on any atom is 0.0700 e. The van der Waals surface area contributed by atoms with E-state index < -0.39 is 0 Å². The van der Waals surface area contributed by atoms with Crippen LogP contribution in [-0.2, 0) is 4.74 Å². The second-order valence-electron chi connectivity index (χ2n) is 3.89. The lowest BCUT2D eigenvalue weighted by atomic mass is 9.95. The van der Waals surface area contributed by atoms with Crippen molar-refractivity contribution in [3.63, 3.8) is 0 Å². The molecule has 2 bridgehead atoms. The number of methoxy groups -OCH3 is 1. The van der Waals surface area contributed by atoms with E-state index in [2.05, 4.69) is 24.3 Å². The number of aliphatic hydroxyl groups excluding tert-OH is 1. The first-order chi connectivity index (χ1) is 6.36. The quantitative estimate of drug-likeness (QED) is 0.695. The van der Waals surface area contributed by atoms with Crippen LogP contribution in [-0.4, -0.2) is 24.9 Å². The van der Waals surface area contributed by atoms with Gasteiger partial charge in [0.05, 0.1) is 6.10 Å². The molecule has 4 atom stereocenters. The Hall–Kier alpha value is -0.600. The molecule has 2 rings (SSSR count). The van der Waals surface area contributed by atoms with Gasteiger partial charge >= 0.3 is 0 Å². The molecule has 0 saturated heterocycles. The van der Waals surface area contributed by atoms with Crippen LogP contribution >= 0.6 is 0 Å². The van der Waals surface area contributed by atoms with Crippen molar-refractivity contribution in [2.45, 2.75) is 12.5 Å². The Bertz CT molecular complexity index is 232. The highest BCUT2D eigenvalue weighted by Crippen LogP contribution is 2.41. The number of rotatable bonds is 2. The van der Waals surface area contributed by atoms with E-state index in [0.717, 1.165) is 6.42 Å². The highest BCUT2D eigenvalue weighted by molar-refractivity contribution is 5.17. The van der Waals surface area contributed by atoms with Gasteiger partial charge in [0.15, 0.2) is 0 Å². The summed E-state index contributed by atoms with van der Waals surface area (Å²) in [6, 6.07) is 0. The van der Waals surface area contributed by atoms with Gasteiger partial charge in [-0.2, -0.15) is 0 Å². The smallest absolute Gasteiger partial charge is 0.0700 e. The molecular formula is C11H16O2. The van der Waals surface area contributed by atoms with E-state index in [4.69, 9.17) is 4.74 Å². The molecule has 0 radical (unpaired) electrons. The van der Waals surface area contributed by atoms with Crippen LogP contribution in [0.4, 0.5) is 0 Å². The van der Waals surface area contributed by atoms with E-state index in [9.17, 15) is 5.11 Å². The summed E-state index contributed by atoms with van der Waals surface area (Å²) in [6.07, 6.45) is 9.84. The number of aliphatic hydroxyl groups is 1. The van der Waals surface area contributed by atoms with Crippen molar-refractivity contribution in [2.75, 3.05) is 13.7 Å². The predicted octanol–water partition coefficient (Wildman–Crippen LogP) is 1.37. The van der Waals surface area contributed by atoms with Gasteiger partial charge in [-0.05, 0) is 12.3 Å². The van der Waals surface area contributed by atoms with E-state index >= 15 is 0 Å². The van der Waals surface area contributed by atoms with Crippen LogP contribution in [0, 0.1) is 17.8 Å². The first-order valence-electron chi connectivity index (χ1n) is 4.85. The summed E-state index contributed by atoms with van der Waals surface area (Å²) < 4.78 is 5.48. The molecule has 1 fully saturated rings. The average molecular weight is 180 g/mol. The van der Waals surface area contributed by atoms with E-state index in [1.807, 2.05) is 0 Å². The highest BCUT2D eigenvalue weighted by Gasteiger charge is 2.41. The van der Waals surface area contributed by atoms with Crippen LogP contribution in [0.3, 0.4) is 0 Å². The third-order valence-corrected chi connectivity index (χ3v) is 3.23. The average Bonchev–Trinajstić information content (AvgIpc) is 2.32. The van der Waals surface area contributed by atoms with E-state index in [1.54, 1.807) is 7.11 Å². The molecule has 0 aromatic carbocycles. The van der Waals surface area contributed by atoms with Gasteiger partial charge in [-0.15, -0.1) is 0 Å². The second-order valence-corrected chi connectivity index (χ2v) is 3.89. The monoisotopic (exact) mass is 180 g/mol. The number of ether oxygens (including phenoxy) is 1. The Balaban J connectivity index is 2.22. The molecule has 0 unspecified atom stereocenters. The normalized spacial score (nSPS) is 42.3. The fourth-order valence-corrected chi connectivity index (χ4v) is 2.58. The van der Waals surface area contributed by atoms with Crippen LogP contribution in [0.15, 0.2) is 24.3 Å². The van der Waals surface area contributed by atoms with Gasteiger partial charge in [0.1, 0.15) is 0 Å². The Morgan fingerprint density at radius 3 is 2.85 bits per heavy atom. The van der Waals surface area contributed by atoms with Gasteiger partial charge in [0.2, 0.25) is 0 Å². The summed E-state index contributed by atoms with van der Waals surface area (Å²) in [4.78, 5) is 0. The Labute approximate surface area is 78.9 Å². The lowest BCUT2D eigenvalue weighted by molar-refractivity contribution is 0.0551. The zero-order valence-electron chi connectivity index (χ0n) is 7.89. The first kappa shape index (κ1) is 8.97. The molecule has 0 amide bonds. The van der Waals surface area contributed by atoms with Crippen molar-refractivity contribution >= 4 is 0 Å². The Morgan fingerprint density at radius 2 is 2.15 bits per heavy atom. The van der Waals surface area contributed by atoms with Gasteiger partial charge < -0.3 is 9.84 Å². The summed E-state index contributed by atoms with van der Waals surface area (Å²) >= 11 is 0. The van der Waals surface area contributed by atoms with Crippen molar-refractivity contribution < 1.29 is 9.84 Å². The molecule has 0 aliphatic heterocycles. The molecular weight excluding hydrogens is 164 g/mol. The standard InChI is InChI=1S/C11H16O2/c1-13-11-8-4-2-3-5-10(11)9(6-8)7-12/h2-5,8-12H,6-7H2,1H3/t8-,9-,10+,11-/m1/s1. The molecule has 2 aliphatic carbocycles. The SMILES string of the molecule is CO[C@H]1[C@H]2C=CC=C[C@@H]1C[C@@H]2CO. The second kappa shape index (κ2) is 3.64. The van der Waals surface area contributed by atoms with Crippen LogP contribution < -0.4 is 0 Å². The highest BCUT2D eigenvalue weighted by atomic mass is 16.5. The number of fused-ring (bicyclic) bond motifs is 2. The van der Waals surface area contributed by atoms with Crippen LogP contribution in [0.1, 0.15) is 6.42 Å². The molecule has 72 valence electrons. The van der Waals surface area contributed by atoms with Crippen molar-refractivity contribution in [3.05, 3.63) is 24.3 Å². The molecule has 2 nitrogen and oxygen atoms in total. The zero-order valence-corrected chi connectivity index (χ0v) is 7.89. The first-order valence-corrected chi connectivity index (χ1v) is 4.85. The fourth-order valence-electron chi connectivity index (χ4n) is 2.58. The molecule has 0 spiro atoms. The van der Waals surface area contributed by atoms with Crippen molar-refractivity contribution in [3.8, 4) is 0 Å². The van der Waals surface area contributed by atoms with Crippen molar-refractivity contribution in [2.24, 2.45) is 17.8 Å². The maximum absolute atomic E-state index is 9.20. The molecule has 2 aliphatic rings. The van der Waals surface area contributed by atoms with Gasteiger partial charge in [0, 0.05) is 25.6 Å². The Morgan fingerprint density at radius 1 is 1.38 bits per heavy atom. The topological polar surface area (TPSA) is 29.5 Å². The molecule has 1 N–H and O–H groups in total. The summed E-state index contributed by atoms with van der Waals surface area (Å²) in [5.41, 5.74) is 0. The molecule has 0 aromatic heterocycles. The van der Waals surface area contributed by atoms with E-state index in [0.29, 0.717) is 17.8 Å². The lowest BCUT2D eigenvalue weighted by Gasteiger charge is -2.19. The number of hydrogen-bond donors (Lipinski definition) is 1. The minimum Gasteiger partial charge on any atom is -0.396 e. The summed E-state index contributed by atoms with van der Waals surface area (Å²) in [5.74, 6) is 1.27. The largest absolute Gasteiger partial charge is 0.396 e. The molecule has 0 heterocycles. The lowest BCUT2D eigenvalue weighted by Crippen LogP contribution is -2.23. The van der Waals surface area contributed by atoms with Crippen LogP contribution in [0.5, 0.6) is 0 Å².